The molecule has 1 saturated heterocycles. The molecule has 0 saturated carbocycles. The molecule has 1 aliphatic carbocycles. The normalized spacial score (nSPS) is 31.9. The number of sulfonamides is 1. The van der Waals surface area contributed by atoms with Crippen LogP contribution in [0, 0.1) is 17.8 Å². The average Bonchev–Trinajstić information content (AvgIpc) is 2.85. The quantitative estimate of drug-likeness (QED) is 0.523. The van der Waals surface area contributed by atoms with Crippen LogP contribution in [0.4, 0.5) is 0 Å². The Kier molecular flexibility index (Phi) is 6.66. The maximum absolute atomic E-state index is 11.5. The van der Waals surface area contributed by atoms with Crippen LogP contribution >= 0.6 is 0 Å². The Labute approximate surface area is 141 Å². The van der Waals surface area contributed by atoms with Gasteiger partial charge >= 0.3 is 0 Å². The molecule has 1 fully saturated rings. The summed E-state index contributed by atoms with van der Waals surface area (Å²) in [5, 5.41) is 0. The Morgan fingerprint density at radius 3 is 2.52 bits per heavy atom. The van der Waals surface area contributed by atoms with Crippen molar-refractivity contribution >= 4 is 10.0 Å². The minimum atomic E-state index is -3.24. The van der Waals surface area contributed by atoms with Gasteiger partial charge in [0.1, 0.15) is 0 Å². The van der Waals surface area contributed by atoms with E-state index in [9.17, 15) is 8.42 Å². The molecule has 23 heavy (non-hydrogen) atoms. The highest BCUT2D eigenvalue weighted by Gasteiger charge is 2.44. The zero-order chi connectivity index (χ0) is 17.0. The first-order valence-electron chi connectivity index (χ1n) is 8.97. The fraction of sp³-hybridized carbons (Fsp3) is 0.882. The Morgan fingerprint density at radius 2 is 1.91 bits per heavy atom. The van der Waals surface area contributed by atoms with Crippen LogP contribution in [0.2, 0.25) is 0 Å². The van der Waals surface area contributed by atoms with Crippen molar-refractivity contribution in [3.05, 3.63) is 11.6 Å². The summed E-state index contributed by atoms with van der Waals surface area (Å²) in [5.74, 6) is 1.75. The van der Waals surface area contributed by atoms with Gasteiger partial charge in [0.25, 0.3) is 0 Å². The predicted octanol–water partition coefficient (Wildman–Crippen LogP) is 2.13. The maximum atomic E-state index is 11.5. The van der Waals surface area contributed by atoms with Gasteiger partial charge in [-0.25, -0.2) is 13.8 Å². The van der Waals surface area contributed by atoms with Gasteiger partial charge in [-0.1, -0.05) is 38.3 Å². The van der Waals surface area contributed by atoms with Gasteiger partial charge in [-0.3, -0.25) is 0 Å². The Morgan fingerprint density at radius 1 is 1.22 bits per heavy atom. The fourth-order valence-corrected chi connectivity index (χ4v) is 4.61. The molecule has 0 aromatic rings. The summed E-state index contributed by atoms with van der Waals surface area (Å²) in [6.45, 7) is 6.61. The molecular formula is C17H33N3O2S. The van der Waals surface area contributed by atoms with Gasteiger partial charge in [-0.15, -0.1) is 0 Å². The molecule has 1 aliphatic heterocycles. The van der Waals surface area contributed by atoms with Crippen LogP contribution in [0.25, 0.3) is 0 Å². The molecule has 0 aromatic carbocycles. The van der Waals surface area contributed by atoms with Gasteiger partial charge < -0.3 is 4.90 Å². The zero-order valence-electron chi connectivity index (χ0n) is 15.0. The zero-order valence-corrected chi connectivity index (χ0v) is 15.8. The molecule has 5 nitrogen and oxygen atoms in total. The van der Waals surface area contributed by atoms with Crippen LogP contribution < -0.4 is 10.3 Å². The van der Waals surface area contributed by atoms with E-state index >= 15 is 0 Å². The third kappa shape index (κ3) is 5.02. The number of likely N-dealkylation sites (tertiary alicyclic amines) is 1. The first-order valence-corrected chi connectivity index (χ1v) is 10.9. The van der Waals surface area contributed by atoms with Gasteiger partial charge in [0.05, 0.1) is 6.26 Å². The number of fused-ring (bicyclic) bond motifs is 1. The van der Waals surface area contributed by atoms with E-state index in [1.54, 1.807) is 0 Å². The molecule has 6 heteroatoms. The fourth-order valence-electron chi connectivity index (χ4n) is 4.27. The van der Waals surface area contributed by atoms with Crippen LogP contribution in [0.1, 0.15) is 46.0 Å². The van der Waals surface area contributed by atoms with E-state index in [1.165, 1.54) is 24.7 Å². The summed E-state index contributed by atoms with van der Waals surface area (Å²) in [6.07, 6.45) is 9.49. The smallest absolute Gasteiger partial charge is 0.221 e. The van der Waals surface area contributed by atoms with E-state index < -0.39 is 10.0 Å². The molecule has 4 atom stereocenters. The van der Waals surface area contributed by atoms with Crippen molar-refractivity contribution in [3.63, 3.8) is 0 Å². The molecule has 0 bridgehead atoms. The lowest BCUT2D eigenvalue weighted by Gasteiger charge is -2.39. The summed E-state index contributed by atoms with van der Waals surface area (Å²) in [6, 6.07) is 0.124. The van der Waals surface area contributed by atoms with Gasteiger partial charge in [-0.05, 0) is 44.1 Å². The number of rotatable bonds is 8. The molecule has 0 unspecified atom stereocenters. The molecule has 0 spiro atoms. The van der Waals surface area contributed by atoms with Crippen LogP contribution in [-0.2, 0) is 10.0 Å². The molecular weight excluding hydrogens is 310 g/mol. The minimum absolute atomic E-state index is 0.124. The van der Waals surface area contributed by atoms with E-state index in [4.69, 9.17) is 0 Å². The second kappa shape index (κ2) is 8.10. The van der Waals surface area contributed by atoms with Crippen molar-refractivity contribution in [2.75, 3.05) is 26.4 Å². The molecule has 2 rings (SSSR count). The number of nitrogens with one attached hydrogen (secondary N) is 2. The molecule has 0 amide bonds. The largest absolute Gasteiger partial charge is 0.306 e. The number of nitrogens with zero attached hydrogens (tertiary/aromatic N) is 1. The predicted molar refractivity (Wildman–Crippen MR) is 95.4 cm³/mol. The summed E-state index contributed by atoms with van der Waals surface area (Å²) < 4.78 is 23.0. The second-order valence-corrected chi connectivity index (χ2v) is 9.09. The molecule has 1 heterocycles. The number of hydrazine groups is 1. The standard InChI is InChI=1S/C17H33N3O2S/c1-5-7-9-14-10-13(8-6-2)15-11-20(3)12-16(15)17(14)18-19-23(4,21)22/h10,13,15-19H,5-9,11-12H2,1-4H3/t13-,15-,16-,17+/m0/s1. The minimum Gasteiger partial charge on any atom is -0.306 e. The van der Waals surface area contributed by atoms with Crippen LogP contribution in [0.5, 0.6) is 0 Å². The highest BCUT2D eigenvalue weighted by molar-refractivity contribution is 7.88. The van der Waals surface area contributed by atoms with Gasteiger partial charge in [0, 0.05) is 19.1 Å². The van der Waals surface area contributed by atoms with Crippen molar-refractivity contribution in [2.24, 2.45) is 17.8 Å². The van der Waals surface area contributed by atoms with Gasteiger partial charge in [-0.2, -0.15) is 4.83 Å². The number of hydrogen-bond donors (Lipinski definition) is 2. The van der Waals surface area contributed by atoms with E-state index in [0.29, 0.717) is 17.8 Å². The highest BCUT2D eigenvalue weighted by Crippen LogP contribution is 2.42. The second-order valence-electron chi connectivity index (χ2n) is 7.34. The van der Waals surface area contributed by atoms with Crippen LogP contribution in [0.15, 0.2) is 11.6 Å². The van der Waals surface area contributed by atoms with E-state index in [0.717, 1.165) is 32.4 Å². The highest BCUT2D eigenvalue weighted by atomic mass is 32.2. The average molecular weight is 344 g/mol. The summed E-state index contributed by atoms with van der Waals surface area (Å²) in [4.78, 5) is 4.93. The lowest BCUT2D eigenvalue weighted by molar-refractivity contribution is 0.235. The molecule has 2 N–H and O–H groups in total. The van der Waals surface area contributed by atoms with Crippen molar-refractivity contribution < 1.29 is 8.42 Å². The van der Waals surface area contributed by atoms with Gasteiger partial charge in [0.15, 0.2) is 0 Å². The Balaban J connectivity index is 2.23. The van der Waals surface area contributed by atoms with Crippen molar-refractivity contribution in [1.29, 1.82) is 0 Å². The topological polar surface area (TPSA) is 61.4 Å². The van der Waals surface area contributed by atoms with E-state index in [-0.39, 0.29) is 6.04 Å². The monoisotopic (exact) mass is 343 g/mol. The van der Waals surface area contributed by atoms with Crippen molar-refractivity contribution in [1.82, 2.24) is 15.2 Å². The maximum Gasteiger partial charge on any atom is 0.221 e. The third-order valence-corrected chi connectivity index (χ3v) is 5.73. The number of allylic oxidation sites excluding steroid dienone is 1. The van der Waals surface area contributed by atoms with Crippen molar-refractivity contribution in [2.45, 2.75) is 52.0 Å². The van der Waals surface area contributed by atoms with Crippen LogP contribution in [0.3, 0.4) is 0 Å². The van der Waals surface area contributed by atoms with Gasteiger partial charge in [0.2, 0.25) is 10.0 Å². The SMILES string of the molecule is CCCCC1=C[C@H](CCC)[C@@H]2CN(C)C[C@@H]2[C@@H]1NNS(C)(=O)=O. The third-order valence-electron chi connectivity index (χ3n) is 5.24. The molecule has 2 aliphatic rings. The summed E-state index contributed by atoms with van der Waals surface area (Å²) in [5.41, 5.74) is 4.54. The number of hydrogen-bond acceptors (Lipinski definition) is 4. The first kappa shape index (κ1) is 18.9. The summed E-state index contributed by atoms with van der Waals surface area (Å²) in [7, 11) is -1.06. The van der Waals surface area contributed by atoms with E-state index in [1.807, 2.05) is 0 Å². The lowest BCUT2D eigenvalue weighted by Crippen LogP contribution is -2.52. The first-order chi connectivity index (χ1) is 10.9. The van der Waals surface area contributed by atoms with Crippen molar-refractivity contribution in [3.8, 4) is 0 Å². The number of unbranched alkanes of at least 4 members (excludes halogenated alkanes) is 1. The Hall–Kier alpha value is -0.430. The molecule has 134 valence electrons. The van der Waals surface area contributed by atoms with Crippen LogP contribution in [-0.4, -0.2) is 45.8 Å². The lowest BCUT2D eigenvalue weighted by atomic mass is 9.70. The Bertz CT molecular complexity index is 518. The van der Waals surface area contributed by atoms with E-state index in [2.05, 4.69) is 42.1 Å². The molecule has 0 aromatic heterocycles. The molecule has 0 radical (unpaired) electrons. The summed E-state index contributed by atoms with van der Waals surface area (Å²) >= 11 is 0.